The molecule has 0 spiro atoms. The highest BCUT2D eigenvalue weighted by Crippen LogP contribution is 2.23. The van der Waals surface area contributed by atoms with E-state index in [1.165, 1.54) is 4.57 Å². The quantitative estimate of drug-likeness (QED) is 0.272. The number of carbonyl (C=O) groups excluding carboxylic acids is 1. The van der Waals surface area contributed by atoms with E-state index in [9.17, 15) is 14.4 Å². The monoisotopic (exact) mass is 530 g/mol. The first-order valence-electron chi connectivity index (χ1n) is 12.9. The molecule has 1 fully saturated rings. The van der Waals surface area contributed by atoms with E-state index < -0.39 is 23.8 Å². The second-order valence-corrected chi connectivity index (χ2v) is 9.34. The van der Waals surface area contributed by atoms with E-state index in [0.29, 0.717) is 30.2 Å². The maximum Gasteiger partial charge on any atom is 0.333 e. The van der Waals surface area contributed by atoms with Crippen LogP contribution in [0.15, 0.2) is 40.2 Å². The fraction of sp³-hybridized carbons (Fsp3) is 0.407. The van der Waals surface area contributed by atoms with Gasteiger partial charge in [-0.3, -0.25) is 33.3 Å². The first-order valence-corrected chi connectivity index (χ1v) is 12.9. The second-order valence-electron chi connectivity index (χ2n) is 9.34. The van der Waals surface area contributed by atoms with Crippen molar-refractivity contribution in [2.75, 3.05) is 24.6 Å². The van der Waals surface area contributed by atoms with Crippen LogP contribution in [0.1, 0.15) is 32.4 Å². The summed E-state index contributed by atoms with van der Waals surface area (Å²) >= 11 is 0. The van der Waals surface area contributed by atoms with Gasteiger partial charge in [-0.25, -0.2) is 4.79 Å². The lowest BCUT2D eigenvalue weighted by molar-refractivity contribution is -0.143. The zero-order chi connectivity index (χ0) is 27.5. The average Bonchev–Trinajstić information content (AvgIpc) is 3.32. The van der Waals surface area contributed by atoms with Crippen molar-refractivity contribution in [2.24, 2.45) is 5.73 Å². The van der Waals surface area contributed by atoms with E-state index in [1.54, 1.807) is 42.9 Å². The van der Waals surface area contributed by atoms with Gasteiger partial charge in [0.2, 0.25) is 5.95 Å². The van der Waals surface area contributed by atoms with E-state index in [4.69, 9.17) is 15.5 Å². The minimum absolute atomic E-state index is 0.0475. The van der Waals surface area contributed by atoms with Crippen molar-refractivity contribution in [3.8, 4) is 11.8 Å². The van der Waals surface area contributed by atoms with Crippen molar-refractivity contribution < 1.29 is 9.53 Å². The molecule has 0 radical (unpaired) electrons. The van der Waals surface area contributed by atoms with E-state index in [2.05, 4.69) is 21.8 Å². The smallest absolute Gasteiger partial charge is 0.333 e. The predicted molar refractivity (Wildman–Crippen MR) is 146 cm³/mol. The molecule has 4 aromatic heterocycles. The summed E-state index contributed by atoms with van der Waals surface area (Å²) in [4.78, 5) is 55.9. The van der Waals surface area contributed by atoms with Crippen LogP contribution in [-0.2, 0) is 29.2 Å². The normalized spacial score (nSPS) is 15.4. The van der Waals surface area contributed by atoms with Crippen LogP contribution >= 0.6 is 0 Å². The summed E-state index contributed by atoms with van der Waals surface area (Å²) < 4.78 is 9.13. The summed E-state index contributed by atoms with van der Waals surface area (Å²) in [6.45, 7) is 4.46. The van der Waals surface area contributed by atoms with Gasteiger partial charge in [-0.2, -0.15) is 4.98 Å². The predicted octanol–water partition coefficient (Wildman–Crippen LogP) is 0.865. The molecule has 12 heteroatoms. The average molecular weight is 531 g/mol. The third-order valence-electron chi connectivity index (χ3n) is 6.76. The first-order chi connectivity index (χ1) is 18.9. The molecule has 4 aromatic rings. The van der Waals surface area contributed by atoms with Crippen LogP contribution in [-0.4, -0.2) is 60.4 Å². The van der Waals surface area contributed by atoms with Crippen molar-refractivity contribution in [1.29, 1.82) is 0 Å². The summed E-state index contributed by atoms with van der Waals surface area (Å²) in [5.74, 6) is 5.76. The number of nitrogens with zero attached hydrogens (tertiary/aromatic N) is 7. The third-order valence-corrected chi connectivity index (χ3v) is 6.76. The Morgan fingerprint density at radius 3 is 2.79 bits per heavy atom. The van der Waals surface area contributed by atoms with Gasteiger partial charge in [-0.1, -0.05) is 5.92 Å². The molecule has 1 aliphatic rings. The zero-order valence-corrected chi connectivity index (χ0v) is 22.0. The number of nitrogens with two attached hydrogens (primary N) is 1. The standard InChI is InChI=1S/C27H30N8O4/c1-3-5-14-33-23-24(31-26(33)32-13-7-8-18(28)15-32)34(17-22(36)39-4-2)27(38)35(25(23)37)16-21-19-9-6-11-29-20(19)10-12-30-21/h6,9-12,18H,4,7-8,13-17,28H2,1-2H3. The van der Waals surface area contributed by atoms with Gasteiger partial charge >= 0.3 is 11.7 Å². The number of piperidine rings is 1. The van der Waals surface area contributed by atoms with E-state index in [1.807, 2.05) is 11.0 Å². The van der Waals surface area contributed by atoms with Crippen molar-refractivity contribution in [3.05, 3.63) is 57.1 Å². The van der Waals surface area contributed by atoms with Gasteiger partial charge in [0.05, 0.1) is 30.9 Å². The molecule has 0 amide bonds. The number of hydrogen-bond acceptors (Lipinski definition) is 9. The molecule has 1 saturated heterocycles. The van der Waals surface area contributed by atoms with E-state index >= 15 is 0 Å². The van der Waals surface area contributed by atoms with Gasteiger partial charge in [0.1, 0.15) is 6.54 Å². The van der Waals surface area contributed by atoms with Crippen molar-refractivity contribution in [3.63, 3.8) is 0 Å². The SMILES string of the molecule is CC#CCn1c(N2CCCC(N)C2)nc2c1c(=O)n(Cc1nccc3ncccc13)c(=O)n2CC(=O)OCC. The van der Waals surface area contributed by atoms with Gasteiger partial charge < -0.3 is 15.4 Å². The molecule has 1 unspecified atom stereocenters. The Balaban J connectivity index is 1.77. The van der Waals surface area contributed by atoms with Gasteiger partial charge in [-0.15, -0.1) is 5.92 Å². The van der Waals surface area contributed by atoms with Crippen LogP contribution in [0.25, 0.3) is 22.1 Å². The van der Waals surface area contributed by atoms with Crippen LogP contribution < -0.4 is 21.9 Å². The van der Waals surface area contributed by atoms with Crippen LogP contribution in [0, 0.1) is 11.8 Å². The fourth-order valence-electron chi connectivity index (χ4n) is 4.98. The van der Waals surface area contributed by atoms with Gasteiger partial charge in [0, 0.05) is 36.9 Å². The Labute approximate surface area is 224 Å². The Bertz CT molecular complexity index is 1720. The largest absolute Gasteiger partial charge is 0.465 e. The van der Waals surface area contributed by atoms with Crippen LogP contribution in [0.2, 0.25) is 0 Å². The highest BCUT2D eigenvalue weighted by molar-refractivity contribution is 5.81. The Hall–Kier alpha value is -4.50. The summed E-state index contributed by atoms with van der Waals surface area (Å²) in [5.41, 5.74) is 6.49. The summed E-state index contributed by atoms with van der Waals surface area (Å²) in [6.07, 6.45) is 5.01. The van der Waals surface area contributed by atoms with Crippen molar-refractivity contribution in [1.82, 2.24) is 28.7 Å². The van der Waals surface area contributed by atoms with Crippen molar-refractivity contribution >= 4 is 34.0 Å². The van der Waals surface area contributed by atoms with E-state index in [-0.39, 0.29) is 36.9 Å². The number of anilines is 1. The number of carbonyl (C=O) groups is 1. The number of aromatic nitrogens is 6. The lowest BCUT2D eigenvalue weighted by Gasteiger charge is -2.31. The van der Waals surface area contributed by atoms with E-state index in [0.717, 1.165) is 22.8 Å². The summed E-state index contributed by atoms with van der Waals surface area (Å²) in [5, 5.41) is 0.719. The maximum atomic E-state index is 14.0. The molecule has 0 aliphatic carbocycles. The molecular formula is C27H30N8O4. The topological polar surface area (TPSA) is 143 Å². The Kier molecular flexibility index (Phi) is 7.42. The molecule has 12 nitrogen and oxygen atoms in total. The molecule has 39 heavy (non-hydrogen) atoms. The number of pyridine rings is 2. The number of hydrogen-bond donors (Lipinski definition) is 1. The zero-order valence-electron chi connectivity index (χ0n) is 22.0. The van der Waals surface area contributed by atoms with Gasteiger partial charge in [0.15, 0.2) is 11.2 Å². The molecular weight excluding hydrogens is 500 g/mol. The summed E-state index contributed by atoms with van der Waals surface area (Å²) in [6, 6.07) is 5.32. The number of ether oxygens (including phenoxy) is 1. The number of rotatable bonds is 7. The van der Waals surface area contributed by atoms with Crippen LogP contribution in [0.3, 0.4) is 0 Å². The highest BCUT2D eigenvalue weighted by Gasteiger charge is 2.27. The minimum atomic E-state index is -0.684. The third kappa shape index (κ3) is 5.00. The molecule has 202 valence electrons. The molecule has 5 rings (SSSR count). The van der Waals surface area contributed by atoms with Crippen LogP contribution in [0.4, 0.5) is 5.95 Å². The molecule has 5 heterocycles. The lowest BCUT2D eigenvalue weighted by Crippen LogP contribution is -2.44. The fourth-order valence-corrected chi connectivity index (χ4v) is 4.98. The Morgan fingerprint density at radius 2 is 2.03 bits per heavy atom. The first kappa shape index (κ1) is 26.1. The van der Waals surface area contributed by atoms with Gasteiger partial charge in [-0.05, 0) is 44.9 Å². The molecule has 1 atom stereocenters. The molecule has 0 saturated carbocycles. The minimum Gasteiger partial charge on any atom is -0.465 e. The van der Waals surface area contributed by atoms with Crippen molar-refractivity contribution in [2.45, 2.75) is 52.4 Å². The lowest BCUT2D eigenvalue weighted by atomic mass is 10.1. The Morgan fingerprint density at radius 1 is 1.18 bits per heavy atom. The van der Waals surface area contributed by atoms with Gasteiger partial charge in [0.25, 0.3) is 5.56 Å². The highest BCUT2D eigenvalue weighted by atomic mass is 16.5. The van der Waals surface area contributed by atoms with Crippen LogP contribution in [0.5, 0.6) is 0 Å². The maximum absolute atomic E-state index is 14.0. The number of imidazole rings is 1. The molecule has 0 bridgehead atoms. The number of esters is 1. The number of fused-ring (bicyclic) bond motifs is 2. The molecule has 0 aromatic carbocycles. The second kappa shape index (κ2) is 11.1. The molecule has 2 N–H and O–H groups in total. The molecule has 1 aliphatic heterocycles. The summed E-state index contributed by atoms with van der Waals surface area (Å²) in [7, 11) is 0.